The summed E-state index contributed by atoms with van der Waals surface area (Å²) >= 11 is 0. The van der Waals surface area contributed by atoms with Gasteiger partial charge >= 0.3 is 0 Å². The number of aromatic nitrogens is 1. The highest BCUT2D eigenvalue weighted by Crippen LogP contribution is 2.40. The zero-order valence-electron chi connectivity index (χ0n) is 14.2. The first-order valence-electron chi connectivity index (χ1n) is 8.67. The minimum Gasteiger partial charge on any atom is -0.377 e. The van der Waals surface area contributed by atoms with Crippen LogP contribution < -0.4 is 0 Å². The fraction of sp³-hybridized carbons (Fsp3) is 0.632. The number of piperidine rings is 1. The average Bonchev–Trinajstić information content (AvgIpc) is 2.55. The van der Waals surface area contributed by atoms with E-state index in [1.807, 2.05) is 6.08 Å². The number of hydrogen-bond donors (Lipinski definition) is 0. The Morgan fingerprint density at radius 3 is 3.26 bits per heavy atom. The van der Waals surface area contributed by atoms with E-state index in [9.17, 15) is 0 Å². The van der Waals surface area contributed by atoms with Gasteiger partial charge in [-0.1, -0.05) is 12.1 Å². The summed E-state index contributed by atoms with van der Waals surface area (Å²) < 4.78 is 11.9. The summed E-state index contributed by atoms with van der Waals surface area (Å²) in [6, 6.07) is 6.27. The zero-order valence-corrected chi connectivity index (χ0v) is 14.2. The number of likely N-dealkylation sites (tertiary alicyclic amines) is 1. The van der Waals surface area contributed by atoms with Crippen molar-refractivity contribution in [3.05, 3.63) is 42.2 Å². The number of rotatable bonds is 6. The predicted octanol–water partition coefficient (Wildman–Crippen LogP) is 2.96. The Balaban J connectivity index is 1.68. The first kappa shape index (κ1) is 16.6. The van der Waals surface area contributed by atoms with E-state index in [0.717, 1.165) is 57.1 Å². The molecule has 2 saturated heterocycles. The molecule has 3 rings (SSSR count). The molecule has 4 nitrogen and oxygen atoms in total. The molecular formula is C19H28N2O2. The molecule has 4 heteroatoms. The Morgan fingerprint density at radius 1 is 1.52 bits per heavy atom. The maximum atomic E-state index is 6.09. The van der Waals surface area contributed by atoms with E-state index in [4.69, 9.17) is 9.47 Å². The van der Waals surface area contributed by atoms with Gasteiger partial charge in [-0.05, 0) is 38.3 Å². The molecule has 0 bridgehead atoms. The molecule has 0 amide bonds. The lowest BCUT2D eigenvalue weighted by Gasteiger charge is -2.50. The molecule has 2 aliphatic rings. The molecule has 2 fully saturated rings. The first-order valence-corrected chi connectivity index (χ1v) is 8.67. The van der Waals surface area contributed by atoms with E-state index < -0.39 is 0 Å². The van der Waals surface area contributed by atoms with Crippen LogP contribution in [-0.4, -0.2) is 48.9 Å². The van der Waals surface area contributed by atoms with Crippen molar-refractivity contribution in [1.29, 1.82) is 0 Å². The lowest BCUT2D eigenvalue weighted by Crippen LogP contribution is -2.56. The third kappa shape index (κ3) is 4.00. The molecule has 0 aromatic carbocycles. The largest absolute Gasteiger partial charge is 0.377 e. The lowest BCUT2D eigenvalue weighted by molar-refractivity contribution is -0.152. The Bertz CT molecular complexity index is 534. The summed E-state index contributed by atoms with van der Waals surface area (Å²) in [6.45, 7) is 11.1. The molecule has 1 aromatic rings. The number of nitrogens with zero attached hydrogens (tertiary/aromatic N) is 2. The van der Waals surface area contributed by atoms with Gasteiger partial charge in [0.15, 0.2) is 0 Å². The van der Waals surface area contributed by atoms with Crippen molar-refractivity contribution in [3.63, 3.8) is 0 Å². The first-order chi connectivity index (χ1) is 11.2. The van der Waals surface area contributed by atoms with Gasteiger partial charge in [-0.25, -0.2) is 0 Å². The summed E-state index contributed by atoms with van der Waals surface area (Å²) in [5.41, 5.74) is 2.37. The second kappa shape index (κ2) is 7.56. The van der Waals surface area contributed by atoms with Gasteiger partial charge in [-0.2, -0.15) is 0 Å². The van der Waals surface area contributed by atoms with E-state index >= 15 is 0 Å². The molecule has 23 heavy (non-hydrogen) atoms. The summed E-state index contributed by atoms with van der Waals surface area (Å²) in [5, 5.41) is 0. The van der Waals surface area contributed by atoms with Crippen molar-refractivity contribution in [3.8, 4) is 0 Å². The SMILES string of the molecule is C=CCOC[C@]12CCCO[C@@H]1CCN(Cc1cccc(C)n1)C2. The zero-order chi connectivity index (χ0) is 16.1. The summed E-state index contributed by atoms with van der Waals surface area (Å²) in [5.74, 6) is 0. The van der Waals surface area contributed by atoms with E-state index in [-0.39, 0.29) is 5.41 Å². The molecule has 0 radical (unpaired) electrons. The highest BCUT2D eigenvalue weighted by atomic mass is 16.5. The number of aryl methyl sites for hydroxylation is 1. The van der Waals surface area contributed by atoms with Gasteiger partial charge in [-0.15, -0.1) is 6.58 Å². The number of fused-ring (bicyclic) bond motifs is 1. The normalized spacial score (nSPS) is 28.3. The molecule has 0 spiro atoms. The third-order valence-electron chi connectivity index (χ3n) is 5.02. The average molecular weight is 316 g/mol. The van der Waals surface area contributed by atoms with Crippen molar-refractivity contribution in [2.75, 3.05) is 32.9 Å². The molecule has 0 saturated carbocycles. The summed E-state index contributed by atoms with van der Waals surface area (Å²) in [7, 11) is 0. The van der Waals surface area contributed by atoms with E-state index in [0.29, 0.717) is 12.7 Å². The second-order valence-corrected chi connectivity index (χ2v) is 6.90. The van der Waals surface area contributed by atoms with Crippen molar-refractivity contribution in [1.82, 2.24) is 9.88 Å². The van der Waals surface area contributed by atoms with E-state index in [1.165, 1.54) is 6.42 Å². The van der Waals surface area contributed by atoms with Gasteiger partial charge in [0.25, 0.3) is 0 Å². The number of hydrogen-bond acceptors (Lipinski definition) is 4. The molecular weight excluding hydrogens is 288 g/mol. The molecule has 2 atom stereocenters. The molecule has 126 valence electrons. The minimum absolute atomic E-state index is 0.128. The van der Waals surface area contributed by atoms with Crippen LogP contribution in [0, 0.1) is 12.3 Å². The van der Waals surface area contributed by atoms with Crippen LogP contribution in [0.4, 0.5) is 0 Å². The number of pyridine rings is 1. The molecule has 0 aliphatic carbocycles. The molecule has 0 N–H and O–H groups in total. The van der Waals surface area contributed by atoms with Crippen LogP contribution in [0.15, 0.2) is 30.9 Å². The van der Waals surface area contributed by atoms with Crippen molar-refractivity contribution < 1.29 is 9.47 Å². The van der Waals surface area contributed by atoms with Crippen LogP contribution in [0.2, 0.25) is 0 Å². The molecule has 1 aromatic heterocycles. The Morgan fingerprint density at radius 2 is 2.43 bits per heavy atom. The molecule has 2 aliphatic heterocycles. The second-order valence-electron chi connectivity index (χ2n) is 6.90. The Kier molecular flexibility index (Phi) is 5.46. The fourth-order valence-corrected chi connectivity index (χ4v) is 3.99. The van der Waals surface area contributed by atoms with Crippen molar-refractivity contribution in [2.24, 2.45) is 5.41 Å². The maximum Gasteiger partial charge on any atom is 0.0677 e. The topological polar surface area (TPSA) is 34.6 Å². The van der Waals surface area contributed by atoms with Crippen molar-refractivity contribution >= 4 is 0 Å². The van der Waals surface area contributed by atoms with E-state index in [1.54, 1.807) is 0 Å². The van der Waals surface area contributed by atoms with Crippen LogP contribution in [-0.2, 0) is 16.0 Å². The lowest BCUT2D eigenvalue weighted by atomic mass is 9.73. The maximum absolute atomic E-state index is 6.09. The highest BCUT2D eigenvalue weighted by molar-refractivity contribution is 5.10. The van der Waals surface area contributed by atoms with Crippen LogP contribution in [0.1, 0.15) is 30.7 Å². The van der Waals surface area contributed by atoms with Gasteiger partial charge in [-0.3, -0.25) is 9.88 Å². The van der Waals surface area contributed by atoms with Crippen LogP contribution in [0.25, 0.3) is 0 Å². The number of ether oxygens (including phenoxy) is 2. The van der Waals surface area contributed by atoms with Gasteiger partial charge in [0.2, 0.25) is 0 Å². The van der Waals surface area contributed by atoms with Crippen LogP contribution in [0.5, 0.6) is 0 Å². The van der Waals surface area contributed by atoms with Crippen molar-refractivity contribution in [2.45, 2.75) is 38.8 Å². The standard InChI is InChI=1S/C19H28N2O2/c1-3-11-22-15-19-9-5-12-23-18(19)8-10-21(14-19)13-17-7-4-6-16(2)20-17/h3-4,6-7,18H,1,5,8-15H2,2H3/t18-,19-/m1/s1. The van der Waals surface area contributed by atoms with E-state index in [2.05, 4.69) is 41.6 Å². The van der Waals surface area contributed by atoms with Gasteiger partial charge < -0.3 is 9.47 Å². The van der Waals surface area contributed by atoms with Gasteiger partial charge in [0.1, 0.15) is 0 Å². The molecule has 0 unspecified atom stereocenters. The van der Waals surface area contributed by atoms with Crippen LogP contribution in [0.3, 0.4) is 0 Å². The van der Waals surface area contributed by atoms with Crippen LogP contribution >= 0.6 is 0 Å². The smallest absolute Gasteiger partial charge is 0.0677 e. The fourth-order valence-electron chi connectivity index (χ4n) is 3.99. The Hall–Kier alpha value is -1.23. The van der Waals surface area contributed by atoms with Gasteiger partial charge in [0.05, 0.1) is 25.0 Å². The quantitative estimate of drug-likeness (QED) is 0.597. The highest BCUT2D eigenvalue weighted by Gasteiger charge is 2.46. The predicted molar refractivity (Wildman–Crippen MR) is 91.3 cm³/mol. The summed E-state index contributed by atoms with van der Waals surface area (Å²) in [4.78, 5) is 7.17. The molecule has 3 heterocycles. The van der Waals surface area contributed by atoms with Gasteiger partial charge in [0, 0.05) is 37.4 Å². The Labute approximate surface area is 139 Å². The minimum atomic E-state index is 0.128. The monoisotopic (exact) mass is 316 g/mol. The third-order valence-corrected chi connectivity index (χ3v) is 5.02. The summed E-state index contributed by atoms with van der Waals surface area (Å²) in [6.07, 6.45) is 5.56.